The highest BCUT2D eigenvalue weighted by Crippen LogP contribution is 2.45. The van der Waals surface area contributed by atoms with Crippen molar-refractivity contribution in [1.29, 1.82) is 0 Å². The van der Waals surface area contributed by atoms with E-state index in [2.05, 4.69) is 19.2 Å². The topological polar surface area (TPSA) is 46.2 Å². The zero-order valence-electron chi connectivity index (χ0n) is 12.3. The van der Waals surface area contributed by atoms with Gasteiger partial charge in [-0.3, -0.25) is 14.9 Å². The summed E-state index contributed by atoms with van der Waals surface area (Å²) in [4.78, 5) is 24.1. The lowest BCUT2D eigenvalue weighted by atomic mass is 9.66. The molecule has 108 valence electrons. The third-order valence-corrected chi connectivity index (χ3v) is 4.27. The highest BCUT2D eigenvalue weighted by atomic mass is 16.2. The van der Waals surface area contributed by atoms with Gasteiger partial charge in [0.15, 0.2) is 0 Å². The van der Waals surface area contributed by atoms with E-state index < -0.39 is 0 Å². The van der Waals surface area contributed by atoms with Crippen molar-refractivity contribution in [3.8, 4) is 0 Å². The van der Waals surface area contributed by atoms with Crippen LogP contribution in [-0.2, 0) is 9.59 Å². The Labute approximate surface area is 120 Å². The van der Waals surface area contributed by atoms with Gasteiger partial charge in [-0.2, -0.15) is 0 Å². The molecular weight excluding hydrogens is 250 g/mol. The summed E-state index contributed by atoms with van der Waals surface area (Å²) in [5.41, 5.74) is 0.743. The van der Waals surface area contributed by atoms with Gasteiger partial charge in [0.05, 0.1) is 5.92 Å². The molecule has 2 atom stereocenters. The van der Waals surface area contributed by atoms with Crippen LogP contribution in [0.15, 0.2) is 30.3 Å². The maximum atomic E-state index is 12.3. The number of imide groups is 1. The third-order valence-electron chi connectivity index (χ3n) is 4.27. The highest BCUT2D eigenvalue weighted by molar-refractivity contribution is 6.02. The number of hydrogen-bond acceptors (Lipinski definition) is 2. The molecule has 0 spiro atoms. The van der Waals surface area contributed by atoms with E-state index in [4.69, 9.17) is 0 Å². The minimum Gasteiger partial charge on any atom is -0.296 e. The zero-order valence-corrected chi connectivity index (χ0v) is 12.3. The summed E-state index contributed by atoms with van der Waals surface area (Å²) in [6.45, 7) is 4.24. The molecule has 1 saturated heterocycles. The second kappa shape index (κ2) is 6.21. The van der Waals surface area contributed by atoms with Gasteiger partial charge in [0.1, 0.15) is 0 Å². The van der Waals surface area contributed by atoms with Crippen molar-refractivity contribution in [2.75, 3.05) is 0 Å². The lowest BCUT2D eigenvalue weighted by Crippen LogP contribution is -2.49. The first-order valence-corrected chi connectivity index (χ1v) is 7.45. The molecule has 0 aliphatic carbocycles. The molecule has 3 nitrogen and oxygen atoms in total. The second-order valence-electron chi connectivity index (χ2n) is 6.04. The average Bonchev–Trinajstić information content (AvgIpc) is 2.39. The van der Waals surface area contributed by atoms with Crippen molar-refractivity contribution in [1.82, 2.24) is 5.32 Å². The summed E-state index contributed by atoms with van der Waals surface area (Å²) >= 11 is 0. The monoisotopic (exact) mass is 273 g/mol. The minimum absolute atomic E-state index is 0.138. The molecule has 2 amide bonds. The molecule has 1 aliphatic heterocycles. The van der Waals surface area contributed by atoms with E-state index in [0.717, 1.165) is 31.2 Å². The Morgan fingerprint density at radius 2 is 1.90 bits per heavy atom. The predicted molar refractivity (Wildman–Crippen MR) is 79.2 cm³/mol. The van der Waals surface area contributed by atoms with Crippen molar-refractivity contribution < 1.29 is 9.59 Å². The smallest absolute Gasteiger partial charge is 0.234 e. The summed E-state index contributed by atoms with van der Waals surface area (Å²) < 4.78 is 0. The Morgan fingerprint density at radius 3 is 2.55 bits per heavy atom. The van der Waals surface area contributed by atoms with E-state index in [0.29, 0.717) is 6.42 Å². The molecule has 2 rings (SSSR count). The Balaban J connectivity index is 2.28. The van der Waals surface area contributed by atoms with Crippen LogP contribution in [-0.4, -0.2) is 11.8 Å². The highest BCUT2D eigenvalue weighted by Gasteiger charge is 2.45. The number of benzene rings is 1. The molecule has 0 aromatic heterocycles. The number of amides is 2. The Kier molecular flexibility index (Phi) is 4.58. The van der Waals surface area contributed by atoms with E-state index in [1.165, 1.54) is 0 Å². The molecule has 0 radical (unpaired) electrons. The van der Waals surface area contributed by atoms with Gasteiger partial charge < -0.3 is 0 Å². The van der Waals surface area contributed by atoms with Crippen LogP contribution in [0.1, 0.15) is 57.4 Å². The lowest BCUT2D eigenvalue weighted by molar-refractivity contribution is -0.139. The fraction of sp³-hybridized carbons (Fsp3) is 0.529. The van der Waals surface area contributed by atoms with Crippen molar-refractivity contribution in [3.05, 3.63) is 35.9 Å². The molecule has 0 bridgehead atoms. The van der Waals surface area contributed by atoms with E-state index in [9.17, 15) is 9.59 Å². The standard InChI is InChI=1S/C17H23NO2/c1-3-4-8-11-17(2)12-14(19)18-16(20)15(17)13-9-6-5-7-10-13/h5-7,9-10,15H,3-4,8,11-12H2,1-2H3,(H,18,19,20). The fourth-order valence-corrected chi connectivity index (χ4v) is 3.25. The molecular formula is C17H23NO2. The fourth-order valence-electron chi connectivity index (χ4n) is 3.25. The van der Waals surface area contributed by atoms with Gasteiger partial charge in [-0.05, 0) is 17.4 Å². The molecule has 3 heteroatoms. The number of piperidine rings is 1. The van der Waals surface area contributed by atoms with E-state index >= 15 is 0 Å². The SMILES string of the molecule is CCCCCC1(C)CC(=O)NC(=O)C1c1ccccc1. The third kappa shape index (κ3) is 3.09. The molecule has 1 fully saturated rings. The van der Waals surface area contributed by atoms with Crippen LogP contribution in [0.4, 0.5) is 0 Å². The first-order valence-electron chi connectivity index (χ1n) is 7.45. The second-order valence-corrected chi connectivity index (χ2v) is 6.04. The van der Waals surface area contributed by atoms with E-state index in [1.807, 2.05) is 30.3 Å². The lowest BCUT2D eigenvalue weighted by Gasteiger charge is -2.40. The summed E-state index contributed by atoms with van der Waals surface area (Å²) in [5.74, 6) is -0.508. The molecule has 1 aromatic rings. The van der Waals surface area contributed by atoms with Crippen LogP contribution in [0, 0.1) is 5.41 Å². The van der Waals surface area contributed by atoms with Crippen molar-refractivity contribution in [2.45, 2.75) is 51.9 Å². The molecule has 20 heavy (non-hydrogen) atoms. The number of hydrogen-bond donors (Lipinski definition) is 1. The molecule has 1 heterocycles. The number of unbranched alkanes of at least 4 members (excludes halogenated alkanes) is 2. The largest absolute Gasteiger partial charge is 0.296 e. The first-order chi connectivity index (χ1) is 9.57. The normalized spacial score (nSPS) is 26.4. The summed E-state index contributed by atoms with van der Waals surface area (Å²) in [5, 5.41) is 2.50. The maximum absolute atomic E-state index is 12.3. The van der Waals surface area contributed by atoms with Crippen molar-refractivity contribution in [2.24, 2.45) is 5.41 Å². The minimum atomic E-state index is -0.268. The van der Waals surface area contributed by atoms with Crippen molar-refractivity contribution >= 4 is 11.8 Å². The predicted octanol–water partition coefficient (Wildman–Crippen LogP) is 3.40. The van der Waals surface area contributed by atoms with Gasteiger partial charge in [0.25, 0.3) is 0 Å². The number of carbonyl (C=O) groups is 2. The zero-order chi connectivity index (χ0) is 14.6. The maximum Gasteiger partial charge on any atom is 0.234 e. The van der Waals surface area contributed by atoms with E-state index in [-0.39, 0.29) is 23.1 Å². The Morgan fingerprint density at radius 1 is 1.20 bits per heavy atom. The van der Waals surface area contributed by atoms with Crippen LogP contribution in [0.3, 0.4) is 0 Å². The summed E-state index contributed by atoms with van der Waals surface area (Å²) in [7, 11) is 0. The molecule has 2 unspecified atom stereocenters. The quantitative estimate of drug-likeness (QED) is 0.660. The van der Waals surface area contributed by atoms with Gasteiger partial charge in [0.2, 0.25) is 11.8 Å². The molecule has 1 aromatic carbocycles. The van der Waals surface area contributed by atoms with Crippen LogP contribution < -0.4 is 5.32 Å². The van der Waals surface area contributed by atoms with Gasteiger partial charge >= 0.3 is 0 Å². The van der Waals surface area contributed by atoms with Crippen LogP contribution in [0.5, 0.6) is 0 Å². The van der Waals surface area contributed by atoms with Gasteiger partial charge in [-0.15, -0.1) is 0 Å². The molecule has 1 aliphatic rings. The van der Waals surface area contributed by atoms with Gasteiger partial charge in [-0.1, -0.05) is 63.4 Å². The number of rotatable bonds is 5. The van der Waals surface area contributed by atoms with Gasteiger partial charge in [0, 0.05) is 6.42 Å². The average molecular weight is 273 g/mol. The van der Waals surface area contributed by atoms with Crippen LogP contribution in [0.25, 0.3) is 0 Å². The molecule has 0 saturated carbocycles. The van der Waals surface area contributed by atoms with Crippen molar-refractivity contribution in [3.63, 3.8) is 0 Å². The number of nitrogens with one attached hydrogen (secondary N) is 1. The summed E-state index contributed by atoms with van der Waals surface area (Å²) in [6, 6.07) is 9.82. The van der Waals surface area contributed by atoms with Crippen LogP contribution >= 0.6 is 0 Å². The Bertz CT molecular complexity index is 483. The van der Waals surface area contributed by atoms with E-state index in [1.54, 1.807) is 0 Å². The molecule has 1 N–H and O–H groups in total. The first kappa shape index (κ1) is 14.8. The number of carbonyl (C=O) groups excluding carboxylic acids is 2. The van der Waals surface area contributed by atoms with Gasteiger partial charge in [-0.25, -0.2) is 0 Å². The summed E-state index contributed by atoms with van der Waals surface area (Å²) in [6.07, 6.45) is 4.71. The Hall–Kier alpha value is -1.64. The van der Waals surface area contributed by atoms with Crippen LogP contribution in [0.2, 0.25) is 0 Å².